The second-order valence-corrected chi connectivity index (χ2v) is 2.98. The lowest BCUT2D eigenvalue weighted by atomic mass is 10.1. The Bertz CT molecular complexity index is 310. The molecule has 0 saturated heterocycles. The first-order valence-electron chi connectivity index (χ1n) is 4.66. The highest BCUT2D eigenvalue weighted by molar-refractivity contribution is 5.74. The summed E-state index contributed by atoms with van der Waals surface area (Å²) < 4.78 is 4.53. The summed E-state index contributed by atoms with van der Waals surface area (Å²) in [6.45, 7) is 2.31. The molecule has 3 heteroatoms. The molecular weight excluding hydrogens is 178 g/mol. The molecule has 1 aromatic rings. The molecular formula is C11H15NO2. The fraction of sp³-hybridized carbons (Fsp3) is 0.364. The van der Waals surface area contributed by atoms with Gasteiger partial charge in [-0.15, -0.1) is 0 Å². The van der Waals surface area contributed by atoms with Gasteiger partial charge in [0.05, 0.1) is 7.11 Å². The zero-order valence-corrected chi connectivity index (χ0v) is 8.54. The molecule has 1 aromatic carbocycles. The second-order valence-electron chi connectivity index (χ2n) is 2.98. The van der Waals surface area contributed by atoms with E-state index in [0.29, 0.717) is 0 Å². The normalized spacial score (nSPS) is 9.57. The fourth-order valence-corrected chi connectivity index (χ4v) is 1.15. The van der Waals surface area contributed by atoms with Crippen LogP contribution in [-0.4, -0.2) is 19.6 Å². The predicted molar refractivity (Wildman–Crippen MR) is 56.3 cm³/mol. The molecule has 0 aliphatic rings. The van der Waals surface area contributed by atoms with Crippen LogP contribution in [0.5, 0.6) is 0 Å². The molecule has 0 aromatic heterocycles. The summed E-state index contributed by atoms with van der Waals surface area (Å²) in [5.41, 5.74) is 2.20. The third kappa shape index (κ3) is 3.09. The minimum atomic E-state index is -0.257. The number of nitrogens with one attached hydrogen (secondary N) is 1. The maximum absolute atomic E-state index is 10.9. The summed E-state index contributed by atoms with van der Waals surface area (Å²) in [4.78, 5) is 10.9. The van der Waals surface area contributed by atoms with E-state index in [9.17, 15) is 4.79 Å². The molecule has 0 spiro atoms. The highest BCUT2D eigenvalue weighted by Gasteiger charge is 1.99. The summed E-state index contributed by atoms with van der Waals surface area (Å²) in [6.07, 6.45) is 0.994. The third-order valence-electron chi connectivity index (χ3n) is 2.00. The van der Waals surface area contributed by atoms with Crippen molar-refractivity contribution in [1.82, 2.24) is 0 Å². The molecule has 1 rings (SSSR count). The third-order valence-corrected chi connectivity index (χ3v) is 2.00. The lowest BCUT2D eigenvalue weighted by molar-refractivity contribution is -0.138. The van der Waals surface area contributed by atoms with E-state index in [2.05, 4.69) is 23.0 Å². The van der Waals surface area contributed by atoms with Crippen LogP contribution in [0.3, 0.4) is 0 Å². The SMILES string of the molecule is CCc1cccc(NCC(=O)OC)c1. The number of benzene rings is 1. The topological polar surface area (TPSA) is 38.3 Å². The van der Waals surface area contributed by atoms with Gasteiger partial charge in [-0.3, -0.25) is 4.79 Å². The minimum absolute atomic E-state index is 0.212. The van der Waals surface area contributed by atoms with E-state index in [1.165, 1.54) is 12.7 Å². The van der Waals surface area contributed by atoms with Crippen molar-refractivity contribution in [2.45, 2.75) is 13.3 Å². The molecule has 0 fully saturated rings. The first-order valence-corrected chi connectivity index (χ1v) is 4.66. The van der Waals surface area contributed by atoms with E-state index in [-0.39, 0.29) is 12.5 Å². The molecule has 0 radical (unpaired) electrons. The van der Waals surface area contributed by atoms with Crippen LogP contribution in [0.15, 0.2) is 24.3 Å². The lowest BCUT2D eigenvalue weighted by Crippen LogP contribution is -2.14. The number of ether oxygens (including phenoxy) is 1. The molecule has 14 heavy (non-hydrogen) atoms. The monoisotopic (exact) mass is 193 g/mol. The number of methoxy groups -OCH3 is 1. The Balaban J connectivity index is 2.54. The zero-order valence-electron chi connectivity index (χ0n) is 8.54. The van der Waals surface area contributed by atoms with E-state index in [0.717, 1.165) is 12.1 Å². The van der Waals surface area contributed by atoms with E-state index in [1.807, 2.05) is 18.2 Å². The molecule has 3 nitrogen and oxygen atoms in total. The molecule has 0 amide bonds. The molecule has 0 heterocycles. The van der Waals surface area contributed by atoms with Crippen molar-refractivity contribution in [3.05, 3.63) is 29.8 Å². The average molecular weight is 193 g/mol. The second kappa shape index (κ2) is 5.27. The van der Waals surface area contributed by atoms with Gasteiger partial charge in [0.1, 0.15) is 6.54 Å². The molecule has 0 atom stereocenters. The van der Waals surface area contributed by atoms with Crippen molar-refractivity contribution in [1.29, 1.82) is 0 Å². The van der Waals surface area contributed by atoms with Gasteiger partial charge in [-0.1, -0.05) is 19.1 Å². The molecule has 0 unspecified atom stereocenters. The van der Waals surface area contributed by atoms with Crippen LogP contribution in [0.2, 0.25) is 0 Å². The Kier molecular flexibility index (Phi) is 3.98. The zero-order chi connectivity index (χ0) is 10.4. The standard InChI is InChI=1S/C11H15NO2/c1-3-9-5-4-6-10(7-9)12-8-11(13)14-2/h4-7,12H,3,8H2,1-2H3. The number of hydrogen-bond donors (Lipinski definition) is 1. The first-order chi connectivity index (χ1) is 6.76. The first kappa shape index (κ1) is 10.6. The van der Waals surface area contributed by atoms with Gasteiger partial charge in [0.15, 0.2) is 0 Å². The summed E-state index contributed by atoms with van der Waals surface area (Å²) in [7, 11) is 1.38. The number of aryl methyl sites for hydroxylation is 1. The smallest absolute Gasteiger partial charge is 0.325 e. The molecule has 0 aliphatic heterocycles. The predicted octanol–water partition coefficient (Wildman–Crippen LogP) is 1.83. The number of hydrogen-bond acceptors (Lipinski definition) is 3. The summed E-state index contributed by atoms with van der Waals surface area (Å²) in [5.74, 6) is -0.257. The Morgan fingerprint density at radius 1 is 1.50 bits per heavy atom. The van der Waals surface area contributed by atoms with E-state index < -0.39 is 0 Å². The van der Waals surface area contributed by atoms with Gasteiger partial charge in [-0.05, 0) is 24.1 Å². The molecule has 0 saturated carbocycles. The van der Waals surface area contributed by atoms with Crippen molar-refractivity contribution in [2.24, 2.45) is 0 Å². The minimum Gasteiger partial charge on any atom is -0.468 e. The Morgan fingerprint density at radius 2 is 2.29 bits per heavy atom. The largest absolute Gasteiger partial charge is 0.468 e. The molecule has 0 aliphatic carbocycles. The van der Waals surface area contributed by atoms with E-state index >= 15 is 0 Å². The quantitative estimate of drug-likeness (QED) is 0.741. The summed E-state index contributed by atoms with van der Waals surface area (Å²) in [5, 5.41) is 3.00. The Labute approximate surface area is 84.1 Å². The van der Waals surface area contributed by atoms with Gasteiger partial charge in [0.25, 0.3) is 0 Å². The van der Waals surface area contributed by atoms with Crippen LogP contribution in [0.25, 0.3) is 0 Å². The van der Waals surface area contributed by atoms with Crippen LogP contribution >= 0.6 is 0 Å². The van der Waals surface area contributed by atoms with Crippen LogP contribution < -0.4 is 5.32 Å². The highest BCUT2D eigenvalue weighted by Crippen LogP contribution is 2.10. The number of carbonyl (C=O) groups is 1. The lowest BCUT2D eigenvalue weighted by Gasteiger charge is -2.05. The van der Waals surface area contributed by atoms with Gasteiger partial charge in [0, 0.05) is 5.69 Å². The van der Waals surface area contributed by atoms with Crippen LogP contribution in [0, 0.1) is 0 Å². The highest BCUT2D eigenvalue weighted by atomic mass is 16.5. The molecule has 1 N–H and O–H groups in total. The van der Waals surface area contributed by atoms with Crippen LogP contribution in [-0.2, 0) is 16.0 Å². The maximum Gasteiger partial charge on any atom is 0.325 e. The van der Waals surface area contributed by atoms with Gasteiger partial charge in [-0.25, -0.2) is 0 Å². The molecule has 0 bridgehead atoms. The average Bonchev–Trinajstić information content (AvgIpc) is 2.26. The van der Waals surface area contributed by atoms with Gasteiger partial charge in [0.2, 0.25) is 0 Å². The van der Waals surface area contributed by atoms with Crippen molar-refractivity contribution in [3.63, 3.8) is 0 Å². The summed E-state index contributed by atoms with van der Waals surface area (Å²) >= 11 is 0. The van der Waals surface area contributed by atoms with Gasteiger partial charge in [-0.2, -0.15) is 0 Å². The van der Waals surface area contributed by atoms with Gasteiger partial charge >= 0.3 is 5.97 Å². The number of esters is 1. The Hall–Kier alpha value is -1.51. The Morgan fingerprint density at radius 3 is 2.93 bits per heavy atom. The summed E-state index contributed by atoms with van der Waals surface area (Å²) in [6, 6.07) is 7.99. The number of carbonyl (C=O) groups excluding carboxylic acids is 1. The van der Waals surface area contributed by atoms with E-state index in [4.69, 9.17) is 0 Å². The fourth-order valence-electron chi connectivity index (χ4n) is 1.15. The van der Waals surface area contributed by atoms with Crippen LogP contribution in [0.4, 0.5) is 5.69 Å². The maximum atomic E-state index is 10.9. The van der Waals surface area contributed by atoms with Crippen molar-refractivity contribution < 1.29 is 9.53 Å². The van der Waals surface area contributed by atoms with Crippen LogP contribution in [0.1, 0.15) is 12.5 Å². The van der Waals surface area contributed by atoms with Gasteiger partial charge < -0.3 is 10.1 Å². The number of anilines is 1. The number of rotatable bonds is 4. The van der Waals surface area contributed by atoms with Crippen molar-refractivity contribution in [3.8, 4) is 0 Å². The molecule has 76 valence electrons. The van der Waals surface area contributed by atoms with Crippen molar-refractivity contribution in [2.75, 3.05) is 19.0 Å². The van der Waals surface area contributed by atoms with E-state index in [1.54, 1.807) is 0 Å². The van der Waals surface area contributed by atoms with Crippen molar-refractivity contribution >= 4 is 11.7 Å².